The summed E-state index contributed by atoms with van der Waals surface area (Å²) < 4.78 is 10.9. The highest BCUT2D eigenvalue weighted by molar-refractivity contribution is 5.78. The van der Waals surface area contributed by atoms with Crippen molar-refractivity contribution in [1.82, 2.24) is 10.1 Å². The van der Waals surface area contributed by atoms with E-state index in [9.17, 15) is 9.90 Å². The minimum absolute atomic E-state index is 0.0628. The number of carbonyl (C=O) groups excluding carboxylic acids is 1. The van der Waals surface area contributed by atoms with Crippen molar-refractivity contribution in [3.8, 4) is 0 Å². The van der Waals surface area contributed by atoms with Gasteiger partial charge in [0.05, 0.1) is 24.3 Å². The fraction of sp³-hybridized carbons (Fsp3) is 0.750. The molecule has 1 N–H and O–H groups in total. The Balaban J connectivity index is 1.56. The van der Waals surface area contributed by atoms with E-state index in [-0.39, 0.29) is 30.0 Å². The first-order chi connectivity index (χ1) is 10.5. The van der Waals surface area contributed by atoms with E-state index in [0.717, 1.165) is 25.0 Å². The van der Waals surface area contributed by atoms with Crippen LogP contribution in [0.3, 0.4) is 0 Å². The molecule has 1 aromatic rings. The van der Waals surface area contributed by atoms with Crippen LogP contribution in [0.5, 0.6) is 0 Å². The molecule has 6 nitrogen and oxygen atoms in total. The zero-order valence-electron chi connectivity index (χ0n) is 13.2. The number of piperidine rings is 1. The predicted octanol–water partition coefficient (Wildman–Crippen LogP) is 1.30. The van der Waals surface area contributed by atoms with Crippen LogP contribution >= 0.6 is 0 Å². The molecule has 1 aromatic heterocycles. The molecule has 1 aliphatic carbocycles. The van der Waals surface area contributed by atoms with E-state index in [0.29, 0.717) is 25.5 Å². The number of carbonyl (C=O) groups is 1. The van der Waals surface area contributed by atoms with Gasteiger partial charge in [0.15, 0.2) is 0 Å². The van der Waals surface area contributed by atoms with Gasteiger partial charge in [0.1, 0.15) is 5.76 Å². The molecule has 0 radical (unpaired) electrons. The van der Waals surface area contributed by atoms with Crippen molar-refractivity contribution in [1.29, 1.82) is 0 Å². The molecular weight excluding hydrogens is 284 g/mol. The highest BCUT2D eigenvalue weighted by Gasteiger charge is 2.56. The molecular formula is C16H24N2O4. The fourth-order valence-electron chi connectivity index (χ4n) is 3.75. The number of aryl methyl sites for hydroxylation is 1. The van der Waals surface area contributed by atoms with Crippen molar-refractivity contribution < 1.29 is 19.2 Å². The highest BCUT2D eigenvalue weighted by atomic mass is 16.5. The average Bonchev–Trinajstić information content (AvgIpc) is 2.92. The summed E-state index contributed by atoms with van der Waals surface area (Å²) in [5.74, 6) is 0.673. The summed E-state index contributed by atoms with van der Waals surface area (Å²) in [5.41, 5.74) is 0.646. The van der Waals surface area contributed by atoms with Crippen molar-refractivity contribution >= 4 is 5.91 Å². The van der Waals surface area contributed by atoms with Gasteiger partial charge in [-0.05, 0) is 26.7 Å². The minimum Gasteiger partial charge on any atom is -0.392 e. The molecule has 1 saturated carbocycles. The second-order valence-electron chi connectivity index (χ2n) is 6.42. The molecule has 2 fully saturated rings. The number of aliphatic hydroxyl groups excluding tert-OH is 1. The summed E-state index contributed by atoms with van der Waals surface area (Å²) in [6.45, 7) is 5.84. The Bertz CT molecular complexity index is 532. The van der Waals surface area contributed by atoms with E-state index >= 15 is 0 Å². The van der Waals surface area contributed by atoms with Gasteiger partial charge in [-0.25, -0.2) is 0 Å². The lowest BCUT2D eigenvalue weighted by molar-refractivity contribution is -0.210. The molecule has 0 bridgehead atoms. The monoisotopic (exact) mass is 308 g/mol. The number of rotatable bonds is 4. The summed E-state index contributed by atoms with van der Waals surface area (Å²) in [7, 11) is 0. The SMILES string of the molecule is CCO[C@H]1C[C@@H](O)C12CCN(C(=O)Cc1cc(C)no1)CC2. The lowest BCUT2D eigenvalue weighted by atomic mass is 9.58. The quantitative estimate of drug-likeness (QED) is 0.907. The summed E-state index contributed by atoms with van der Waals surface area (Å²) >= 11 is 0. The second-order valence-corrected chi connectivity index (χ2v) is 6.42. The number of likely N-dealkylation sites (tertiary alicyclic amines) is 1. The molecule has 0 aromatic carbocycles. The molecule has 122 valence electrons. The number of hydrogen-bond donors (Lipinski definition) is 1. The van der Waals surface area contributed by atoms with Crippen LogP contribution in [0.2, 0.25) is 0 Å². The van der Waals surface area contributed by atoms with Gasteiger partial charge >= 0.3 is 0 Å². The van der Waals surface area contributed by atoms with E-state index in [4.69, 9.17) is 9.26 Å². The van der Waals surface area contributed by atoms with E-state index in [1.54, 1.807) is 6.07 Å². The van der Waals surface area contributed by atoms with Gasteiger partial charge in [0.25, 0.3) is 0 Å². The summed E-state index contributed by atoms with van der Waals surface area (Å²) in [4.78, 5) is 14.2. The third kappa shape index (κ3) is 2.65. The van der Waals surface area contributed by atoms with Crippen molar-refractivity contribution in [2.24, 2.45) is 5.41 Å². The number of hydrogen-bond acceptors (Lipinski definition) is 5. The van der Waals surface area contributed by atoms with Crippen molar-refractivity contribution in [2.75, 3.05) is 19.7 Å². The van der Waals surface area contributed by atoms with Crippen LogP contribution in [0.1, 0.15) is 37.6 Å². The molecule has 1 amide bonds. The molecule has 1 spiro atoms. The van der Waals surface area contributed by atoms with E-state index in [2.05, 4.69) is 5.16 Å². The Morgan fingerprint density at radius 3 is 2.82 bits per heavy atom. The Morgan fingerprint density at radius 1 is 1.55 bits per heavy atom. The van der Waals surface area contributed by atoms with Crippen LogP contribution < -0.4 is 0 Å². The fourth-order valence-corrected chi connectivity index (χ4v) is 3.75. The third-order valence-corrected chi connectivity index (χ3v) is 5.16. The van der Waals surface area contributed by atoms with Crippen molar-refractivity contribution in [3.05, 3.63) is 17.5 Å². The van der Waals surface area contributed by atoms with E-state index in [1.807, 2.05) is 18.7 Å². The Morgan fingerprint density at radius 2 is 2.27 bits per heavy atom. The molecule has 2 atom stereocenters. The number of aromatic nitrogens is 1. The lowest BCUT2D eigenvalue weighted by Crippen LogP contribution is -2.62. The minimum atomic E-state index is -0.293. The summed E-state index contributed by atoms with van der Waals surface area (Å²) in [6.07, 6.45) is 2.43. The molecule has 1 aliphatic heterocycles. The largest absolute Gasteiger partial charge is 0.392 e. The number of aliphatic hydroxyl groups is 1. The average molecular weight is 308 g/mol. The maximum Gasteiger partial charge on any atom is 0.230 e. The first-order valence-electron chi connectivity index (χ1n) is 8.05. The third-order valence-electron chi connectivity index (χ3n) is 5.16. The van der Waals surface area contributed by atoms with Crippen LogP contribution in [0.25, 0.3) is 0 Å². The van der Waals surface area contributed by atoms with Gasteiger partial charge in [-0.3, -0.25) is 4.79 Å². The normalized spacial score (nSPS) is 27.0. The molecule has 3 rings (SSSR count). The van der Waals surface area contributed by atoms with Crippen molar-refractivity contribution in [2.45, 2.75) is 51.7 Å². The van der Waals surface area contributed by atoms with Crippen molar-refractivity contribution in [3.63, 3.8) is 0 Å². The van der Waals surface area contributed by atoms with Crippen LogP contribution in [-0.2, 0) is 16.0 Å². The standard InChI is InChI=1S/C16H24N2O4/c1-3-21-14-10-13(19)16(14)4-6-18(7-5-16)15(20)9-12-8-11(2)17-22-12/h8,13-14,19H,3-7,9-10H2,1-2H3/t13-,14+/m1/s1. The number of nitrogens with zero attached hydrogens (tertiary/aromatic N) is 2. The van der Waals surface area contributed by atoms with Gasteiger partial charge in [0.2, 0.25) is 5.91 Å². The van der Waals surface area contributed by atoms with Gasteiger partial charge in [0, 0.05) is 37.6 Å². The smallest absolute Gasteiger partial charge is 0.230 e. The summed E-state index contributed by atoms with van der Waals surface area (Å²) in [5, 5.41) is 14.0. The zero-order chi connectivity index (χ0) is 15.7. The second kappa shape index (κ2) is 6.01. The van der Waals surface area contributed by atoms with Crippen LogP contribution in [0.15, 0.2) is 10.6 Å². The lowest BCUT2D eigenvalue weighted by Gasteiger charge is -2.56. The zero-order valence-corrected chi connectivity index (χ0v) is 13.2. The number of ether oxygens (including phenoxy) is 1. The molecule has 22 heavy (non-hydrogen) atoms. The van der Waals surface area contributed by atoms with Gasteiger partial charge < -0.3 is 19.3 Å². The number of amides is 1. The summed E-state index contributed by atoms with van der Waals surface area (Å²) in [6, 6.07) is 1.80. The van der Waals surface area contributed by atoms with E-state index < -0.39 is 0 Å². The molecule has 2 aliphatic rings. The molecule has 6 heteroatoms. The van der Waals surface area contributed by atoms with Gasteiger partial charge in [-0.15, -0.1) is 0 Å². The van der Waals surface area contributed by atoms with Gasteiger partial charge in [-0.1, -0.05) is 5.16 Å². The Kier molecular flexibility index (Phi) is 4.23. The topological polar surface area (TPSA) is 75.8 Å². The Labute approximate surface area is 130 Å². The predicted molar refractivity (Wildman–Crippen MR) is 79.2 cm³/mol. The van der Waals surface area contributed by atoms with Crippen LogP contribution in [0, 0.1) is 12.3 Å². The molecule has 2 heterocycles. The van der Waals surface area contributed by atoms with Crippen LogP contribution in [0.4, 0.5) is 0 Å². The maximum atomic E-state index is 12.3. The maximum absolute atomic E-state index is 12.3. The highest BCUT2D eigenvalue weighted by Crippen LogP contribution is 2.50. The van der Waals surface area contributed by atoms with Gasteiger partial charge in [-0.2, -0.15) is 0 Å². The molecule has 0 unspecified atom stereocenters. The molecule has 1 saturated heterocycles. The first kappa shape index (κ1) is 15.5. The Hall–Kier alpha value is -1.40. The van der Waals surface area contributed by atoms with E-state index in [1.165, 1.54) is 0 Å². The first-order valence-corrected chi connectivity index (χ1v) is 8.05. The van der Waals surface area contributed by atoms with Crippen LogP contribution in [-0.4, -0.2) is 53.0 Å².